The minimum atomic E-state index is -3.95. The van der Waals surface area contributed by atoms with Crippen LogP contribution in [0.1, 0.15) is 50.3 Å². The van der Waals surface area contributed by atoms with Gasteiger partial charge in [-0.25, -0.2) is 8.42 Å². The Kier molecular flexibility index (Phi) is 7.68. The Morgan fingerprint density at radius 2 is 1.68 bits per heavy atom. The summed E-state index contributed by atoms with van der Waals surface area (Å²) in [5, 5.41) is 3.11. The van der Waals surface area contributed by atoms with E-state index in [1.807, 2.05) is 37.3 Å². The van der Waals surface area contributed by atoms with Gasteiger partial charge in [-0.15, -0.1) is 0 Å². The number of ether oxygens (including phenoxy) is 2. The maximum Gasteiger partial charge on any atom is 0.264 e. The summed E-state index contributed by atoms with van der Waals surface area (Å²) in [7, 11) is -3.95. The molecule has 2 aliphatic rings. The number of benzene rings is 3. The smallest absolute Gasteiger partial charge is 0.264 e. The van der Waals surface area contributed by atoms with Gasteiger partial charge in [0, 0.05) is 25.2 Å². The second-order valence-corrected chi connectivity index (χ2v) is 13.7. The molecule has 5 rings (SSSR count). The van der Waals surface area contributed by atoms with Crippen molar-refractivity contribution in [1.82, 2.24) is 5.32 Å². The highest BCUT2D eigenvalue weighted by molar-refractivity contribution is 7.92. The lowest BCUT2D eigenvalue weighted by Gasteiger charge is -2.39. The number of rotatable bonds is 6. The van der Waals surface area contributed by atoms with E-state index < -0.39 is 16.1 Å². The van der Waals surface area contributed by atoms with E-state index in [4.69, 9.17) is 9.47 Å². The summed E-state index contributed by atoms with van der Waals surface area (Å²) in [6.07, 6.45) is 0.575. The van der Waals surface area contributed by atoms with E-state index in [1.165, 1.54) is 4.31 Å². The molecule has 1 amide bonds. The average molecular weight is 563 g/mol. The van der Waals surface area contributed by atoms with Crippen LogP contribution in [0.3, 0.4) is 0 Å². The number of carbonyl (C=O) groups excluding carboxylic acids is 1. The number of hydrogen-bond acceptors (Lipinski definition) is 5. The van der Waals surface area contributed by atoms with Crippen LogP contribution >= 0.6 is 0 Å². The predicted molar refractivity (Wildman–Crippen MR) is 156 cm³/mol. The summed E-state index contributed by atoms with van der Waals surface area (Å²) in [6.45, 7) is 9.68. The maximum absolute atomic E-state index is 14.0. The van der Waals surface area contributed by atoms with Crippen LogP contribution in [0, 0.1) is 6.92 Å². The fourth-order valence-electron chi connectivity index (χ4n) is 5.41. The molecule has 0 spiro atoms. The molecule has 2 aliphatic heterocycles. The molecule has 0 saturated carbocycles. The van der Waals surface area contributed by atoms with Crippen LogP contribution in [0.5, 0.6) is 5.75 Å². The molecule has 8 heteroatoms. The van der Waals surface area contributed by atoms with Crippen LogP contribution < -0.4 is 14.4 Å². The highest BCUT2D eigenvalue weighted by Crippen LogP contribution is 2.40. The molecule has 1 unspecified atom stereocenters. The lowest BCUT2D eigenvalue weighted by Crippen LogP contribution is -2.53. The second kappa shape index (κ2) is 10.9. The molecule has 3 aromatic rings. The zero-order chi connectivity index (χ0) is 28.5. The van der Waals surface area contributed by atoms with Crippen molar-refractivity contribution in [3.8, 4) is 5.75 Å². The Balaban J connectivity index is 1.45. The average Bonchev–Trinajstić information content (AvgIpc) is 2.95. The topological polar surface area (TPSA) is 84.9 Å². The largest absolute Gasteiger partial charge is 0.476 e. The summed E-state index contributed by atoms with van der Waals surface area (Å²) in [5.74, 6) is 0.0374. The molecule has 1 saturated heterocycles. The summed E-state index contributed by atoms with van der Waals surface area (Å²) < 4.78 is 41.1. The van der Waals surface area contributed by atoms with Gasteiger partial charge in [0.2, 0.25) is 0 Å². The third-order valence-electron chi connectivity index (χ3n) is 8.03. The molecular weight excluding hydrogens is 524 g/mol. The molecule has 212 valence electrons. The molecule has 1 fully saturated rings. The molecule has 0 bridgehead atoms. The molecule has 2 heterocycles. The Morgan fingerprint density at radius 1 is 1.00 bits per heavy atom. The number of fused-ring (bicyclic) bond motifs is 1. The van der Waals surface area contributed by atoms with Crippen LogP contribution in [-0.4, -0.2) is 46.7 Å². The van der Waals surface area contributed by atoms with Gasteiger partial charge in [-0.05, 0) is 60.6 Å². The number of anilines is 1. The maximum atomic E-state index is 14.0. The van der Waals surface area contributed by atoms with Crippen molar-refractivity contribution in [2.75, 3.05) is 30.6 Å². The lowest BCUT2D eigenvalue weighted by molar-refractivity contribution is -0.128. The zero-order valence-corrected chi connectivity index (χ0v) is 24.5. The van der Waals surface area contributed by atoms with Crippen LogP contribution in [0.2, 0.25) is 0 Å². The van der Waals surface area contributed by atoms with Crippen LogP contribution in [0.25, 0.3) is 0 Å². The van der Waals surface area contributed by atoms with Crippen molar-refractivity contribution in [2.24, 2.45) is 0 Å². The number of sulfonamides is 1. The summed E-state index contributed by atoms with van der Waals surface area (Å²) >= 11 is 0. The molecule has 0 aromatic heterocycles. The predicted octanol–water partition coefficient (Wildman–Crippen LogP) is 5.11. The standard InChI is InChI=1S/C32H38N2O5S/c1-23-10-13-26(14-11-23)40(36,37)34-21-29(39-28-15-12-25(20-27(28)34)31(2,3)4)30(35)33-22-32(16-18-38-19-17-32)24-8-6-5-7-9-24/h5-15,20,29H,16-19,21-22H2,1-4H3,(H,33,35). The van der Waals surface area contributed by atoms with Crippen molar-refractivity contribution >= 4 is 21.6 Å². The van der Waals surface area contributed by atoms with Gasteiger partial charge in [-0.1, -0.05) is 74.9 Å². The van der Waals surface area contributed by atoms with Crippen molar-refractivity contribution < 1.29 is 22.7 Å². The normalized spacial score (nSPS) is 18.9. The first-order chi connectivity index (χ1) is 19.0. The van der Waals surface area contributed by atoms with Crippen molar-refractivity contribution in [3.05, 3.63) is 89.5 Å². The molecule has 1 atom stereocenters. The fraction of sp³-hybridized carbons (Fsp3) is 0.406. The summed E-state index contributed by atoms with van der Waals surface area (Å²) in [4.78, 5) is 13.8. The molecule has 0 aliphatic carbocycles. The van der Waals surface area contributed by atoms with E-state index in [2.05, 4.69) is 38.2 Å². The highest BCUT2D eigenvalue weighted by Gasteiger charge is 2.40. The Bertz CT molecular complexity index is 1460. The van der Waals surface area contributed by atoms with Gasteiger partial charge >= 0.3 is 0 Å². The van der Waals surface area contributed by atoms with Gasteiger partial charge in [-0.3, -0.25) is 9.10 Å². The third-order valence-corrected chi connectivity index (χ3v) is 9.83. The number of amides is 1. The van der Waals surface area contributed by atoms with Gasteiger partial charge in [0.25, 0.3) is 15.9 Å². The monoisotopic (exact) mass is 562 g/mol. The van der Waals surface area contributed by atoms with Gasteiger partial charge in [0.05, 0.1) is 17.1 Å². The Morgan fingerprint density at radius 3 is 2.33 bits per heavy atom. The Hall–Kier alpha value is -3.36. The summed E-state index contributed by atoms with van der Waals surface area (Å²) in [5.41, 5.74) is 3.10. The first-order valence-electron chi connectivity index (χ1n) is 13.8. The molecular formula is C32H38N2O5S. The van der Waals surface area contributed by atoms with Crippen molar-refractivity contribution in [1.29, 1.82) is 0 Å². The molecule has 3 aromatic carbocycles. The molecule has 7 nitrogen and oxygen atoms in total. The third kappa shape index (κ3) is 5.60. The fourth-order valence-corrected chi connectivity index (χ4v) is 6.88. The van der Waals surface area contributed by atoms with Crippen LogP contribution in [0.15, 0.2) is 77.7 Å². The number of nitrogens with one attached hydrogen (secondary N) is 1. The van der Waals surface area contributed by atoms with E-state index in [-0.39, 0.29) is 28.2 Å². The first kappa shape index (κ1) is 28.2. The SMILES string of the molecule is Cc1ccc(S(=O)(=O)N2CC(C(=O)NCC3(c4ccccc4)CCOCC3)Oc3ccc(C(C)(C)C)cc32)cc1. The van der Waals surface area contributed by atoms with Gasteiger partial charge < -0.3 is 14.8 Å². The number of nitrogens with zero attached hydrogens (tertiary/aromatic N) is 1. The molecule has 1 N–H and O–H groups in total. The number of carbonyl (C=O) groups is 1. The van der Waals surface area contributed by atoms with Gasteiger partial charge in [0.15, 0.2) is 6.10 Å². The number of hydrogen-bond donors (Lipinski definition) is 1. The zero-order valence-electron chi connectivity index (χ0n) is 23.6. The van der Waals surface area contributed by atoms with Crippen molar-refractivity contribution in [3.63, 3.8) is 0 Å². The quantitative estimate of drug-likeness (QED) is 0.451. The van der Waals surface area contributed by atoms with Crippen LogP contribution in [0.4, 0.5) is 5.69 Å². The minimum Gasteiger partial charge on any atom is -0.476 e. The number of aryl methyl sites for hydroxylation is 1. The molecule has 40 heavy (non-hydrogen) atoms. The first-order valence-corrected chi connectivity index (χ1v) is 15.3. The lowest BCUT2D eigenvalue weighted by atomic mass is 9.74. The molecule has 0 radical (unpaired) electrons. The van der Waals surface area contributed by atoms with E-state index >= 15 is 0 Å². The van der Waals surface area contributed by atoms with Crippen LogP contribution in [-0.2, 0) is 30.4 Å². The highest BCUT2D eigenvalue weighted by atomic mass is 32.2. The van der Waals surface area contributed by atoms with Crippen molar-refractivity contribution in [2.45, 2.75) is 62.4 Å². The van der Waals surface area contributed by atoms with Gasteiger partial charge in [0.1, 0.15) is 5.75 Å². The van der Waals surface area contributed by atoms with E-state index in [0.29, 0.717) is 31.2 Å². The van der Waals surface area contributed by atoms with Gasteiger partial charge in [-0.2, -0.15) is 0 Å². The van der Waals surface area contributed by atoms with E-state index in [9.17, 15) is 13.2 Å². The van der Waals surface area contributed by atoms with E-state index in [0.717, 1.165) is 29.5 Å². The summed E-state index contributed by atoms with van der Waals surface area (Å²) in [6, 6.07) is 22.5. The second-order valence-electron chi connectivity index (χ2n) is 11.9. The van der Waals surface area contributed by atoms with E-state index in [1.54, 1.807) is 30.3 Å². The Labute approximate surface area is 237 Å². The minimum absolute atomic E-state index is 0.121.